The second-order valence-corrected chi connectivity index (χ2v) is 5.53. The van der Waals surface area contributed by atoms with Gasteiger partial charge in [-0.25, -0.2) is 0 Å². The lowest BCUT2D eigenvalue weighted by atomic mass is 9.97. The van der Waals surface area contributed by atoms with Gasteiger partial charge in [-0.1, -0.05) is 43.2 Å². The summed E-state index contributed by atoms with van der Waals surface area (Å²) < 4.78 is 0. The predicted molar refractivity (Wildman–Crippen MR) is 78.4 cm³/mol. The molecule has 1 fully saturated rings. The number of nitrogens with two attached hydrogens (primary N) is 1. The third-order valence-corrected chi connectivity index (χ3v) is 4.03. The molecule has 1 saturated carbocycles. The van der Waals surface area contributed by atoms with Gasteiger partial charge in [0, 0.05) is 24.9 Å². The highest BCUT2D eigenvalue weighted by molar-refractivity contribution is 5.97. The first-order valence-corrected chi connectivity index (χ1v) is 7.24. The largest absolute Gasteiger partial charge is 0.349 e. The number of hydrogen-bond acceptors (Lipinski definition) is 3. The summed E-state index contributed by atoms with van der Waals surface area (Å²) in [5, 5.41) is 3.03. The van der Waals surface area contributed by atoms with Crippen molar-refractivity contribution in [2.24, 2.45) is 5.73 Å². The minimum absolute atomic E-state index is 0.00831. The van der Waals surface area contributed by atoms with E-state index in [2.05, 4.69) is 5.32 Å². The van der Waals surface area contributed by atoms with Crippen molar-refractivity contribution in [2.45, 2.75) is 44.1 Å². The van der Waals surface area contributed by atoms with Gasteiger partial charge in [0.05, 0.1) is 5.54 Å². The molecule has 0 atom stereocenters. The van der Waals surface area contributed by atoms with Gasteiger partial charge in [-0.3, -0.25) is 9.59 Å². The molecule has 0 aliphatic heterocycles. The van der Waals surface area contributed by atoms with Crippen LogP contribution < -0.4 is 11.1 Å². The van der Waals surface area contributed by atoms with Crippen molar-refractivity contribution in [1.29, 1.82) is 0 Å². The van der Waals surface area contributed by atoms with Crippen molar-refractivity contribution in [1.82, 2.24) is 5.32 Å². The van der Waals surface area contributed by atoms with Gasteiger partial charge in [0.1, 0.15) is 0 Å². The fourth-order valence-electron chi connectivity index (χ4n) is 2.79. The van der Waals surface area contributed by atoms with Crippen LogP contribution in [0.25, 0.3) is 0 Å². The Hall–Kier alpha value is -1.68. The summed E-state index contributed by atoms with van der Waals surface area (Å²) in [7, 11) is 0. The van der Waals surface area contributed by atoms with E-state index in [0.717, 1.165) is 25.7 Å². The van der Waals surface area contributed by atoms with E-state index < -0.39 is 0 Å². The maximum atomic E-state index is 12.0. The van der Waals surface area contributed by atoms with Gasteiger partial charge in [-0.05, 0) is 12.8 Å². The van der Waals surface area contributed by atoms with Crippen LogP contribution in [0.15, 0.2) is 30.3 Å². The maximum Gasteiger partial charge on any atom is 0.220 e. The first-order chi connectivity index (χ1) is 9.65. The lowest BCUT2D eigenvalue weighted by molar-refractivity contribution is -0.122. The molecule has 1 aliphatic rings. The Kier molecular flexibility index (Phi) is 4.90. The number of nitrogens with one attached hydrogen (secondary N) is 1. The monoisotopic (exact) mass is 274 g/mol. The number of hydrogen-bond donors (Lipinski definition) is 2. The number of ketones is 1. The molecule has 1 aliphatic carbocycles. The first-order valence-electron chi connectivity index (χ1n) is 7.24. The molecule has 0 aromatic heterocycles. The van der Waals surface area contributed by atoms with Crippen molar-refractivity contribution in [3.05, 3.63) is 35.9 Å². The van der Waals surface area contributed by atoms with Crippen LogP contribution in [0.5, 0.6) is 0 Å². The molecule has 0 unspecified atom stereocenters. The summed E-state index contributed by atoms with van der Waals surface area (Å²) in [4.78, 5) is 23.9. The molecule has 4 heteroatoms. The van der Waals surface area contributed by atoms with E-state index in [0.29, 0.717) is 12.1 Å². The van der Waals surface area contributed by atoms with E-state index in [1.807, 2.05) is 18.2 Å². The normalized spacial score (nSPS) is 16.9. The smallest absolute Gasteiger partial charge is 0.220 e. The summed E-state index contributed by atoms with van der Waals surface area (Å²) in [6, 6.07) is 9.08. The molecule has 0 heterocycles. The zero-order valence-corrected chi connectivity index (χ0v) is 11.7. The van der Waals surface area contributed by atoms with Crippen molar-refractivity contribution >= 4 is 11.7 Å². The Labute approximate surface area is 119 Å². The lowest BCUT2D eigenvalue weighted by Crippen LogP contribution is -2.51. The number of rotatable bonds is 6. The zero-order chi connectivity index (χ0) is 14.4. The van der Waals surface area contributed by atoms with E-state index in [1.54, 1.807) is 12.1 Å². The quantitative estimate of drug-likeness (QED) is 0.780. The molecule has 108 valence electrons. The van der Waals surface area contributed by atoms with E-state index in [-0.39, 0.29) is 30.1 Å². The second kappa shape index (κ2) is 6.66. The molecule has 0 radical (unpaired) electrons. The molecule has 20 heavy (non-hydrogen) atoms. The van der Waals surface area contributed by atoms with E-state index >= 15 is 0 Å². The second-order valence-electron chi connectivity index (χ2n) is 5.53. The summed E-state index contributed by atoms with van der Waals surface area (Å²) in [5.41, 5.74) is 6.21. The van der Waals surface area contributed by atoms with Gasteiger partial charge < -0.3 is 11.1 Å². The SMILES string of the molecule is NCC1(NC(=O)CCC(=O)c2ccccc2)CCCC1. The fraction of sp³-hybridized carbons (Fsp3) is 0.500. The highest BCUT2D eigenvalue weighted by atomic mass is 16.2. The lowest BCUT2D eigenvalue weighted by Gasteiger charge is -2.28. The molecular formula is C16H22N2O2. The number of benzene rings is 1. The summed E-state index contributed by atoms with van der Waals surface area (Å²) in [5.74, 6) is -0.0596. The molecule has 1 amide bonds. The minimum Gasteiger partial charge on any atom is -0.349 e. The standard InChI is InChI=1S/C16H22N2O2/c17-12-16(10-4-5-11-16)18-15(20)9-8-14(19)13-6-2-1-3-7-13/h1-3,6-7H,4-5,8-12,17H2,(H,18,20). The third kappa shape index (κ3) is 3.67. The molecule has 0 spiro atoms. The summed E-state index contributed by atoms with van der Waals surface area (Å²) in [6.45, 7) is 0.478. The van der Waals surface area contributed by atoms with Gasteiger partial charge in [0.15, 0.2) is 5.78 Å². The fourth-order valence-corrected chi connectivity index (χ4v) is 2.79. The molecular weight excluding hydrogens is 252 g/mol. The number of Topliss-reactive ketones (excluding diaryl/α,β-unsaturated/α-hetero) is 1. The Morgan fingerprint density at radius 1 is 1.10 bits per heavy atom. The highest BCUT2D eigenvalue weighted by Gasteiger charge is 2.33. The molecule has 4 nitrogen and oxygen atoms in total. The van der Waals surface area contributed by atoms with E-state index in [4.69, 9.17) is 5.73 Å². The minimum atomic E-state index is -0.229. The average Bonchev–Trinajstić information content (AvgIpc) is 2.95. The maximum absolute atomic E-state index is 12.0. The van der Waals surface area contributed by atoms with Crippen LogP contribution in [0.1, 0.15) is 48.9 Å². The number of carbonyl (C=O) groups excluding carboxylic acids is 2. The van der Waals surface area contributed by atoms with Crippen molar-refractivity contribution < 1.29 is 9.59 Å². The Balaban J connectivity index is 1.82. The van der Waals surface area contributed by atoms with Gasteiger partial charge in [-0.15, -0.1) is 0 Å². The van der Waals surface area contributed by atoms with Crippen LogP contribution in [0.3, 0.4) is 0 Å². The van der Waals surface area contributed by atoms with Gasteiger partial charge >= 0.3 is 0 Å². The molecule has 2 rings (SSSR count). The summed E-state index contributed by atoms with van der Waals surface area (Å²) >= 11 is 0. The topological polar surface area (TPSA) is 72.2 Å². The van der Waals surface area contributed by atoms with Crippen LogP contribution in [-0.2, 0) is 4.79 Å². The molecule has 1 aromatic carbocycles. The van der Waals surface area contributed by atoms with Gasteiger partial charge in [-0.2, -0.15) is 0 Å². The highest BCUT2D eigenvalue weighted by Crippen LogP contribution is 2.28. The van der Waals surface area contributed by atoms with Crippen LogP contribution in [0.2, 0.25) is 0 Å². The van der Waals surface area contributed by atoms with Gasteiger partial charge in [0.2, 0.25) is 5.91 Å². The van der Waals surface area contributed by atoms with Gasteiger partial charge in [0.25, 0.3) is 0 Å². The van der Waals surface area contributed by atoms with E-state index in [9.17, 15) is 9.59 Å². The Morgan fingerprint density at radius 2 is 1.75 bits per heavy atom. The third-order valence-electron chi connectivity index (χ3n) is 4.03. The van der Waals surface area contributed by atoms with Crippen LogP contribution in [0, 0.1) is 0 Å². The van der Waals surface area contributed by atoms with Crippen LogP contribution >= 0.6 is 0 Å². The van der Waals surface area contributed by atoms with Crippen LogP contribution in [0.4, 0.5) is 0 Å². The van der Waals surface area contributed by atoms with Crippen molar-refractivity contribution in [3.63, 3.8) is 0 Å². The number of amides is 1. The average molecular weight is 274 g/mol. The van der Waals surface area contributed by atoms with Crippen molar-refractivity contribution in [3.8, 4) is 0 Å². The first kappa shape index (κ1) is 14.7. The molecule has 1 aromatic rings. The summed E-state index contributed by atoms with van der Waals surface area (Å²) in [6.07, 6.45) is 4.59. The molecule has 0 saturated heterocycles. The van der Waals surface area contributed by atoms with Crippen molar-refractivity contribution in [2.75, 3.05) is 6.54 Å². The number of carbonyl (C=O) groups is 2. The Morgan fingerprint density at radius 3 is 2.35 bits per heavy atom. The zero-order valence-electron chi connectivity index (χ0n) is 11.7. The molecule has 3 N–H and O–H groups in total. The Bertz CT molecular complexity index is 465. The molecule has 0 bridgehead atoms. The predicted octanol–water partition coefficient (Wildman–Crippen LogP) is 2.04. The van der Waals surface area contributed by atoms with E-state index in [1.165, 1.54) is 0 Å². The van der Waals surface area contributed by atoms with Crippen LogP contribution in [-0.4, -0.2) is 23.8 Å².